The highest BCUT2D eigenvalue weighted by Crippen LogP contribution is 2.13. The van der Waals surface area contributed by atoms with E-state index >= 15 is 0 Å². The fourth-order valence-corrected chi connectivity index (χ4v) is 2.35. The van der Waals surface area contributed by atoms with Crippen molar-refractivity contribution < 1.29 is 9.18 Å². The van der Waals surface area contributed by atoms with Gasteiger partial charge in [0.2, 0.25) is 0 Å². The zero-order valence-electron chi connectivity index (χ0n) is 12.6. The topological polar surface area (TPSA) is 17.1 Å². The van der Waals surface area contributed by atoms with Crippen molar-refractivity contribution in [2.45, 2.75) is 33.1 Å². The minimum absolute atomic E-state index is 0.135. The van der Waals surface area contributed by atoms with Gasteiger partial charge in [-0.2, -0.15) is 0 Å². The molecule has 0 unspecified atom stereocenters. The molecule has 0 aromatic heterocycles. The molecule has 0 atom stereocenters. The van der Waals surface area contributed by atoms with Crippen molar-refractivity contribution in [2.24, 2.45) is 5.92 Å². The van der Waals surface area contributed by atoms with E-state index in [0.717, 1.165) is 17.5 Å². The van der Waals surface area contributed by atoms with E-state index in [2.05, 4.69) is 13.8 Å². The molecule has 21 heavy (non-hydrogen) atoms. The number of ketones is 1. The summed E-state index contributed by atoms with van der Waals surface area (Å²) in [7, 11) is 0. The van der Waals surface area contributed by atoms with Gasteiger partial charge in [-0.05, 0) is 42.0 Å². The Balaban J connectivity index is 1.92. The predicted molar refractivity (Wildman–Crippen MR) is 84.0 cm³/mol. The average molecular weight is 284 g/mol. The molecule has 0 amide bonds. The number of aryl methyl sites for hydroxylation is 1. The number of halogens is 1. The first-order valence-corrected chi connectivity index (χ1v) is 7.41. The minimum atomic E-state index is -0.245. The summed E-state index contributed by atoms with van der Waals surface area (Å²) in [6, 6.07) is 14.2. The Hall–Kier alpha value is -1.96. The summed E-state index contributed by atoms with van der Waals surface area (Å²) in [6.45, 7) is 4.36. The molecule has 0 bridgehead atoms. The molecule has 0 aliphatic heterocycles. The zero-order chi connectivity index (χ0) is 15.2. The SMILES string of the molecule is CC(C)Cc1ccc(C(=O)CCc2ccc(F)cc2)cc1. The normalized spacial score (nSPS) is 10.9. The number of benzene rings is 2. The van der Waals surface area contributed by atoms with Crippen LogP contribution in [0.4, 0.5) is 4.39 Å². The number of carbonyl (C=O) groups excluding carboxylic acids is 1. The van der Waals surface area contributed by atoms with Gasteiger partial charge in [0.05, 0.1) is 0 Å². The van der Waals surface area contributed by atoms with E-state index in [9.17, 15) is 9.18 Å². The fraction of sp³-hybridized carbons (Fsp3) is 0.316. The maximum absolute atomic E-state index is 12.8. The Bertz CT molecular complexity index is 582. The van der Waals surface area contributed by atoms with Gasteiger partial charge in [-0.25, -0.2) is 4.39 Å². The lowest BCUT2D eigenvalue weighted by molar-refractivity contribution is 0.0983. The summed E-state index contributed by atoms with van der Waals surface area (Å²) in [5, 5.41) is 0. The predicted octanol–water partition coefficient (Wildman–Crippen LogP) is 4.84. The van der Waals surface area contributed by atoms with Gasteiger partial charge >= 0.3 is 0 Å². The molecule has 1 nitrogen and oxygen atoms in total. The third-order valence-corrected chi connectivity index (χ3v) is 3.47. The van der Waals surface area contributed by atoms with Crippen LogP contribution in [-0.4, -0.2) is 5.78 Å². The average Bonchev–Trinajstić information content (AvgIpc) is 2.46. The van der Waals surface area contributed by atoms with E-state index in [0.29, 0.717) is 18.8 Å². The second kappa shape index (κ2) is 7.16. The van der Waals surface area contributed by atoms with Gasteiger partial charge < -0.3 is 0 Å². The van der Waals surface area contributed by atoms with E-state index in [-0.39, 0.29) is 11.6 Å². The largest absolute Gasteiger partial charge is 0.294 e. The van der Waals surface area contributed by atoms with Crippen LogP contribution < -0.4 is 0 Å². The van der Waals surface area contributed by atoms with Crippen molar-refractivity contribution in [3.05, 3.63) is 71.0 Å². The molecule has 2 heteroatoms. The first-order chi connectivity index (χ1) is 10.0. The smallest absolute Gasteiger partial charge is 0.163 e. The van der Waals surface area contributed by atoms with Gasteiger partial charge in [0.15, 0.2) is 5.78 Å². The monoisotopic (exact) mass is 284 g/mol. The van der Waals surface area contributed by atoms with Crippen LogP contribution >= 0.6 is 0 Å². The zero-order valence-corrected chi connectivity index (χ0v) is 12.6. The van der Waals surface area contributed by atoms with Crippen molar-refractivity contribution in [3.8, 4) is 0 Å². The molecule has 0 saturated carbocycles. The van der Waals surface area contributed by atoms with Crippen LogP contribution in [0.1, 0.15) is 41.8 Å². The standard InChI is InChI=1S/C19H21FO/c1-14(2)13-16-3-8-17(9-4-16)19(21)12-7-15-5-10-18(20)11-6-15/h3-6,8-11,14H,7,12-13H2,1-2H3. The highest BCUT2D eigenvalue weighted by atomic mass is 19.1. The number of hydrogen-bond acceptors (Lipinski definition) is 1. The van der Waals surface area contributed by atoms with Crippen LogP contribution in [0.3, 0.4) is 0 Å². The lowest BCUT2D eigenvalue weighted by atomic mass is 9.98. The minimum Gasteiger partial charge on any atom is -0.294 e. The lowest BCUT2D eigenvalue weighted by Gasteiger charge is -2.06. The molecule has 0 radical (unpaired) electrons. The molecule has 110 valence electrons. The van der Waals surface area contributed by atoms with Crippen LogP contribution in [-0.2, 0) is 12.8 Å². The van der Waals surface area contributed by atoms with Crippen molar-refractivity contribution in [3.63, 3.8) is 0 Å². The second-order valence-corrected chi connectivity index (χ2v) is 5.84. The highest BCUT2D eigenvalue weighted by Gasteiger charge is 2.07. The van der Waals surface area contributed by atoms with Gasteiger partial charge in [0.1, 0.15) is 5.82 Å². The van der Waals surface area contributed by atoms with Crippen molar-refractivity contribution in [1.29, 1.82) is 0 Å². The van der Waals surface area contributed by atoms with Gasteiger partial charge in [0.25, 0.3) is 0 Å². The Morgan fingerprint density at radius 2 is 1.52 bits per heavy atom. The first kappa shape index (κ1) is 15.4. The lowest BCUT2D eigenvalue weighted by Crippen LogP contribution is -2.02. The molecule has 0 aliphatic rings. The maximum Gasteiger partial charge on any atom is 0.163 e. The number of hydrogen-bond donors (Lipinski definition) is 0. The summed E-state index contributed by atoms with van der Waals surface area (Å²) in [4.78, 5) is 12.1. The Kier molecular flexibility index (Phi) is 5.26. The Morgan fingerprint density at radius 1 is 0.952 bits per heavy atom. The molecule has 0 spiro atoms. The molecule has 0 aliphatic carbocycles. The van der Waals surface area contributed by atoms with Crippen molar-refractivity contribution >= 4 is 5.78 Å². The van der Waals surface area contributed by atoms with Crippen LogP contribution in [0.5, 0.6) is 0 Å². The second-order valence-electron chi connectivity index (χ2n) is 5.84. The Labute approximate surface area is 125 Å². The highest BCUT2D eigenvalue weighted by molar-refractivity contribution is 5.96. The summed E-state index contributed by atoms with van der Waals surface area (Å²) < 4.78 is 12.8. The summed E-state index contributed by atoms with van der Waals surface area (Å²) in [5.74, 6) is 0.506. The summed E-state index contributed by atoms with van der Waals surface area (Å²) in [6.07, 6.45) is 2.13. The van der Waals surface area contributed by atoms with E-state index in [4.69, 9.17) is 0 Å². The maximum atomic E-state index is 12.8. The molecule has 2 aromatic carbocycles. The van der Waals surface area contributed by atoms with E-state index in [1.165, 1.54) is 17.7 Å². The van der Waals surface area contributed by atoms with Gasteiger partial charge in [0, 0.05) is 12.0 Å². The van der Waals surface area contributed by atoms with E-state index < -0.39 is 0 Å². The summed E-state index contributed by atoms with van der Waals surface area (Å²) in [5.41, 5.74) is 3.01. The molecular weight excluding hydrogens is 263 g/mol. The van der Waals surface area contributed by atoms with Crippen molar-refractivity contribution in [2.75, 3.05) is 0 Å². The number of carbonyl (C=O) groups is 1. The van der Waals surface area contributed by atoms with E-state index in [1.807, 2.05) is 24.3 Å². The summed E-state index contributed by atoms with van der Waals surface area (Å²) >= 11 is 0. The third kappa shape index (κ3) is 4.82. The van der Waals surface area contributed by atoms with Crippen LogP contribution in [0, 0.1) is 11.7 Å². The van der Waals surface area contributed by atoms with Gasteiger partial charge in [-0.1, -0.05) is 50.2 Å². The molecule has 0 heterocycles. The third-order valence-electron chi connectivity index (χ3n) is 3.47. The molecule has 2 aromatic rings. The van der Waals surface area contributed by atoms with Crippen LogP contribution in [0.25, 0.3) is 0 Å². The van der Waals surface area contributed by atoms with Crippen LogP contribution in [0.2, 0.25) is 0 Å². The van der Waals surface area contributed by atoms with Crippen LogP contribution in [0.15, 0.2) is 48.5 Å². The molecule has 0 saturated heterocycles. The van der Waals surface area contributed by atoms with Crippen molar-refractivity contribution in [1.82, 2.24) is 0 Å². The molecule has 2 rings (SSSR count). The number of rotatable bonds is 6. The fourth-order valence-electron chi connectivity index (χ4n) is 2.35. The number of Topliss-reactive ketones (excluding diaryl/α,β-unsaturated/α-hetero) is 1. The van der Waals surface area contributed by atoms with Gasteiger partial charge in [-0.15, -0.1) is 0 Å². The quantitative estimate of drug-likeness (QED) is 0.694. The molecular formula is C19H21FO. The van der Waals surface area contributed by atoms with E-state index in [1.54, 1.807) is 12.1 Å². The van der Waals surface area contributed by atoms with Gasteiger partial charge in [-0.3, -0.25) is 4.79 Å². The first-order valence-electron chi connectivity index (χ1n) is 7.41. The molecule has 0 N–H and O–H groups in total. The molecule has 0 fully saturated rings. The Morgan fingerprint density at radius 3 is 2.10 bits per heavy atom.